The molecule has 0 aliphatic carbocycles. The third kappa shape index (κ3) is 1.55. The number of hydrogen-bond donors (Lipinski definition) is 1. The van der Waals surface area contributed by atoms with E-state index >= 15 is 0 Å². The van der Waals surface area contributed by atoms with Crippen LogP contribution in [0.3, 0.4) is 0 Å². The smallest absolute Gasteiger partial charge is 0.132 e. The molecule has 14 heavy (non-hydrogen) atoms. The molecule has 1 N–H and O–H groups in total. The lowest BCUT2D eigenvalue weighted by Gasteiger charge is -2.31. The zero-order valence-electron chi connectivity index (χ0n) is 8.07. The molecule has 2 heterocycles. The molecule has 0 atom stereocenters. The Morgan fingerprint density at radius 1 is 1.36 bits per heavy atom. The van der Waals surface area contributed by atoms with E-state index in [1.54, 1.807) is 6.20 Å². The molecule has 3 heteroatoms. The average Bonchev–Trinajstić information content (AvgIpc) is 2.31. The third-order valence-electron chi connectivity index (χ3n) is 2.90. The monoisotopic (exact) mass is 190 g/mol. The summed E-state index contributed by atoms with van der Waals surface area (Å²) in [6, 6.07) is 5.76. The summed E-state index contributed by atoms with van der Waals surface area (Å²) in [5.41, 5.74) is 0.573. The Hall–Kier alpha value is -1.22. The topological polar surface area (TPSA) is 42.0 Å². The fourth-order valence-corrected chi connectivity index (χ4v) is 1.96. The number of pyridine rings is 1. The highest BCUT2D eigenvalue weighted by molar-refractivity contribution is 5.67. The first-order valence-corrected chi connectivity index (χ1v) is 4.96. The van der Waals surface area contributed by atoms with Crippen LogP contribution < -0.4 is 5.32 Å². The van der Waals surface area contributed by atoms with E-state index in [2.05, 4.69) is 10.3 Å². The minimum atomic E-state index is -0.341. The van der Waals surface area contributed by atoms with E-state index in [1.165, 1.54) is 0 Å². The Labute approximate surface area is 83.5 Å². The van der Waals surface area contributed by atoms with E-state index in [4.69, 9.17) is 0 Å². The summed E-state index contributed by atoms with van der Waals surface area (Å²) in [5.74, 6) is 0. The molecule has 74 valence electrons. The molecule has 1 aromatic heterocycles. The number of nitrogens with one attached hydrogen (secondary N) is 1. The van der Waals surface area contributed by atoms with Gasteiger partial charge >= 0.3 is 0 Å². The number of aromatic nitrogens is 1. The van der Waals surface area contributed by atoms with E-state index in [0.29, 0.717) is 0 Å². The number of piperidine rings is 1. The van der Waals surface area contributed by atoms with Gasteiger partial charge in [0.1, 0.15) is 6.29 Å². The van der Waals surface area contributed by atoms with Crippen molar-refractivity contribution >= 4 is 6.29 Å². The van der Waals surface area contributed by atoms with Gasteiger partial charge in [-0.15, -0.1) is 0 Å². The Balaban J connectivity index is 2.32. The first kappa shape index (κ1) is 9.34. The summed E-state index contributed by atoms with van der Waals surface area (Å²) < 4.78 is 0. The molecule has 0 unspecified atom stereocenters. The molecule has 0 radical (unpaired) electrons. The molecular weight excluding hydrogens is 176 g/mol. The third-order valence-corrected chi connectivity index (χ3v) is 2.90. The predicted molar refractivity (Wildman–Crippen MR) is 54.1 cm³/mol. The molecule has 0 amide bonds. The van der Waals surface area contributed by atoms with Crippen LogP contribution in [-0.2, 0) is 10.2 Å². The maximum atomic E-state index is 11.2. The summed E-state index contributed by atoms with van der Waals surface area (Å²) in [6.45, 7) is 1.80. The van der Waals surface area contributed by atoms with Crippen molar-refractivity contribution < 1.29 is 4.79 Å². The number of carbonyl (C=O) groups excluding carboxylic acids is 1. The molecule has 0 spiro atoms. The Morgan fingerprint density at radius 3 is 2.71 bits per heavy atom. The van der Waals surface area contributed by atoms with Crippen LogP contribution in [0.15, 0.2) is 24.4 Å². The van der Waals surface area contributed by atoms with Gasteiger partial charge in [-0.25, -0.2) is 0 Å². The largest absolute Gasteiger partial charge is 0.317 e. The van der Waals surface area contributed by atoms with Crippen molar-refractivity contribution in [1.82, 2.24) is 10.3 Å². The second kappa shape index (κ2) is 3.88. The van der Waals surface area contributed by atoms with Crippen LogP contribution in [0.2, 0.25) is 0 Å². The van der Waals surface area contributed by atoms with E-state index < -0.39 is 0 Å². The van der Waals surface area contributed by atoms with E-state index in [1.807, 2.05) is 18.2 Å². The summed E-state index contributed by atoms with van der Waals surface area (Å²) >= 11 is 0. The highest BCUT2D eigenvalue weighted by atomic mass is 16.1. The lowest BCUT2D eigenvalue weighted by atomic mass is 9.77. The van der Waals surface area contributed by atoms with Crippen molar-refractivity contribution in [2.24, 2.45) is 0 Å². The van der Waals surface area contributed by atoms with Crippen LogP contribution in [0.4, 0.5) is 0 Å². The van der Waals surface area contributed by atoms with Gasteiger partial charge in [0, 0.05) is 6.20 Å². The normalized spacial score (nSPS) is 20.3. The number of carbonyl (C=O) groups is 1. The van der Waals surface area contributed by atoms with E-state index in [9.17, 15) is 4.79 Å². The van der Waals surface area contributed by atoms with Gasteiger partial charge in [0.05, 0.1) is 11.1 Å². The fraction of sp³-hybridized carbons (Fsp3) is 0.455. The van der Waals surface area contributed by atoms with Crippen molar-refractivity contribution in [3.05, 3.63) is 30.1 Å². The SMILES string of the molecule is O=CC1(c2ccccn2)CCNCC1. The van der Waals surface area contributed by atoms with E-state index in [0.717, 1.165) is 37.9 Å². The highest BCUT2D eigenvalue weighted by Crippen LogP contribution is 2.29. The zero-order chi connectivity index (χ0) is 9.86. The Kier molecular flexibility index (Phi) is 2.59. The van der Waals surface area contributed by atoms with Gasteiger partial charge in [-0.05, 0) is 38.1 Å². The maximum absolute atomic E-state index is 11.2. The minimum Gasteiger partial charge on any atom is -0.317 e. The van der Waals surface area contributed by atoms with Gasteiger partial charge in [-0.1, -0.05) is 6.07 Å². The van der Waals surface area contributed by atoms with Crippen LogP contribution >= 0.6 is 0 Å². The molecule has 1 aliphatic rings. The molecule has 3 nitrogen and oxygen atoms in total. The van der Waals surface area contributed by atoms with Gasteiger partial charge in [0.25, 0.3) is 0 Å². The minimum absolute atomic E-state index is 0.341. The van der Waals surface area contributed by atoms with Crippen molar-refractivity contribution in [2.75, 3.05) is 13.1 Å². The van der Waals surface area contributed by atoms with Crippen molar-refractivity contribution in [3.63, 3.8) is 0 Å². The number of rotatable bonds is 2. The van der Waals surface area contributed by atoms with Gasteiger partial charge < -0.3 is 10.1 Å². The van der Waals surface area contributed by atoms with Crippen LogP contribution in [0.25, 0.3) is 0 Å². The van der Waals surface area contributed by atoms with Crippen molar-refractivity contribution in [1.29, 1.82) is 0 Å². The second-order valence-corrected chi connectivity index (χ2v) is 3.74. The summed E-state index contributed by atoms with van der Waals surface area (Å²) in [6.07, 6.45) is 4.53. The molecule has 1 saturated heterocycles. The average molecular weight is 190 g/mol. The molecule has 1 aromatic rings. The molecule has 1 aliphatic heterocycles. The number of aldehydes is 1. The van der Waals surface area contributed by atoms with Gasteiger partial charge in [0.2, 0.25) is 0 Å². The van der Waals surface area contributed by atoms with Gasteiger partial charge in [0.15, 0.2) is 0 Å². The molecular formula is C11H14N2O. The summed E-state index contributed by atoms with van der Waals surface area (Å²) in [5, 5.41) is 3.26. The summed E-state index contributed by atoms with van der Waals surface area (Å²) in [7, 11) is 0. The lowest BCUT2D eigenvalue weighted by molar-refractivity contribution is -0.113. The zero-order valence-corrected chi connectivity index (χ0v) is 8.07. The van der Waals surface area contributed by atoms with Crippen molar-refractivity contribution in [3.8, 4) is 0 Å². The molecule has 0 aromatic carbocycles. The van der Waals surface area contributed by atoms with E-state index in [-0.39, 0.29) is 5.41 Å². The standard InChI is InChI=1S/C11H14N2O/c14-9-11(4-7-12-8-5-11)10-3-1-2-6-13-10/h1-3,6,9,12H,4-5,7-8H2. The quantitative estimate of drug-likeness (QED) is 0.704. The Morgan fingerprint density at radius 2 is 2.14 bits per heavy atom. The fourth-order valence-electron chi connectivity index (χ4n) is 1.96. The molecule has 0 saturated carbocycles. The number of hydrogen-bond acceptors (Lipinski definition) is 3. The molecule has 0 bridgehead atoms. The Bertz CT molecular complexity index is 304. The summed E-state index contributed by atoms with van der Waals surface area (Å²) in [4.78, 5) is 15.5. The number of nitrogens with zero attached hydrogens (tertiary/aromatic N) is 1. The van der Waals surface area contributed by atoms with Crippen LogP contribution in [0, 0.1) is 0 Å². The first-order valence-electron chi connectivity index (χ1n) is 4.96. The maximum Gasteiger partial charge on any atom is 0.132 e. The van der Waals surface area contributed by atoms with Gasteiger partial charge in [-0.2, -0.15) is 0 Å². The molecule has 2 rings (SSSR count). The van der Waals surface area contributed by atoms with Crippen LogP contribution in [0.1, 0.15) is 18.5 Å². The predicted octanol–water partition coefficient (Wildman–Crippen LogP) is 0.902. The van der Waals surface area contributed by atoms with Gasteiger partial charge in [-0.3, -0.25) is 4.98 Å². The van der Waals surface area contributed by atoms with Crippen LogP contribution in [0.5, 0.6) is 0 Å². The van der Waals surface area contributed by atoms with Crippen molar-refractivity contribution in [2.45, 2.75) is 18.3 Å². The second-order valence-electron chi connectivity index (χ2n) is 3.74. The van der Waals surface area contributed by atoms with Crippen LogP contribution in [-0.4, -0.2) is 24.4 Å². The first-order chi connectivity index (χ1) is 6.87. The lowest BCUT2D eigenvalue weighted by Crippen LogP contribution is -2.41. The molecule has 1 fully saturated rings. The highest BCUT2D eigenvalue weighted by Gasteiger charge is 2.34.